The lowest BCUT2D eigenvalue weighted by atomic mass is 10.0. The van der Waals surface area contributed by atoms with Crippen molar-refractivity contribution in [1.29, 1.82) is 0 Å². The summed E-state index contributed by atoms with van der Waals surface area (Å²) in [5, 5.41) is 9.50. The first-order valence-electron chi connectivity index (χ1n) is 5.08. The van der Waals surface area contributed by atoms with Crippen molar-refractivity contribution >= 4 is 11.9 Å². The van der Waals surface area contributed by atoms with Crippen LogP contribution in [0.15, 0.2) is 0 Å². The van der Waals surface area contributed by atoms with Crippen molar-refractivity contribution in [3.8, 4) is 0 Å². The van der Waals surface area contributed by atoms with Crippen molar-refractivity contribution in [2.24, 2.45) is 0 Å². The first-order chi connectivity index (χ1) is 7.40. The smallest absolute Gasteiger partial charge is 0.303 e. The van der Waals surface area contributed by atoms with Gasteiger partial charge in [0.2, 0.25) is 0 Å². The number of carbonyl (C=O) groups is 2. The molecule has 4 atom stereocenters. The maximum absolute atomic E-state index is 10.8. The predicted octanol–water partition coefficient (Wildman–Crippen LogP) is -0.0230. The molecule has 6 nitrogen and oxygen atoms in total. The zero-order valence-electron chi connectivity index (χ0n) is 9.50. The number of aliphatic hydroxyl groups excluding tert-OH is 1. The van der Waals surface area contributed by atoms with Crippen molar-refractivity contribution in [1.82, 2.24) is 0 Å². The summed E-state index contributed by atoms with van der Waals surface area (Å²) in [5.74, 6) is -0.942. The average Bonchev–Trinajstić information content (AvgIpc) is 2.11. The highest BCUT2D eigenvalue weighted by Gasteiger charge is 2.38. The zero-order chi connectivity index (χ0) is 12.3. The lowest BCUT2D eigenvalue weighted by Gasteiger charge is -2.36. The Bertz CT molecular complexity index is 250. The van der Waals surface area contributed by atoms with Gasteiger partial charge in [0, 0.05) is 20.3 Å². The quantitative estimate of drug-likeness (QED) is 0.674. The van der Waals surface area contributed by atoms with E-state index in [1.165, 1.54) is 13.8 Å². The Labute approximate surface area is 93.5 Å². The molecule has 0 spiro atoms. The van der Waals surface area contributed by atoms with Gasteiger partial charge in [0.1, 0.15) is 6.10 Å². The Hall–Kier alpha value is -1.14. The van der Waals surface area contributed by atoms with Gasteiger partial charge in [-0.05, 0) is 6.92 Å². The number of hydrogen-bond donors (Lipinski definition) is 1. The number of aliphatic hydroxyl groups is 1. The van der Waals surface area contributed by atoms with Crippen LogP contribution in [0.3, 0.4) is 0 Å². The van der Waals surface area contributed by atoms with Crippen LogP contribution in [0.1, 0.15) is 27.2 Å². The monoisotopic (exact) mass is 232 g/mol. The minimum Gasteiger partial charge on any atom is -0.460 e. The van der Waals surface area contributed by atoms with Crippen LogP contribution >= 0.6 is 0 Å². The van der Waals surface area contributed by atoms with E-state index in [-0.39, 0.29) is 6.42 Å². The third-order valence-corrected chi connectivity index (χ3v) is 2.29. The van der Waals surface area contributed by atoms with Crippen molar-refractivity contribution < 1.29 is 28.9 Å². The van der Waals surface area contributed by atoms with Gasteiger partial charge in [-0.2, -0.15) is 0 Å². The van der Waals surface area contributed by atoms with Gasteiger partial charge in [0.15, 0.2) is 12.4 Å². The molecule has 0 aromatic carbocycles. The van der Waals surface area contributed by atoms with E-state index < -0.39 is 36.5 Å². The summed E-state index contributed by atoms with van der Waals surface area (Å²) in [6.45, 7) is 4.21. The number of carbonyl (C=O) groups excluding carboxylic acids is 2. The molecular formula is C10H16O6. The summed E-state index contributed by atoms with van der Waals surface area (Å²) in [6, 6.07) is 0. The highest BCUT2D eigenvalue weighted by molar-refractivity contribution is 5.66. The van der Waals surface area contributed by atoms with Gasteiger partial charge in [0.25, 0.3) is 0 Å². The molecule has 6 heteroatoms. The van der Waals surface area contributed by atoms with Gasteiger partial charge in [-0.1, -0.05) is 0 Å². The fourth-order valence-electron chi connectivity index (χ4n) is 1.61. The first-order valence-corrected chi connectivity index (χ1v) is 5.08. The minimum absolute atomic E-state index is 0.238. The van der Waals surface area contributed by atoms with E-state index in [0.29, 0.717) is 0 Å². The molecule has 1 N–H and O–H groups in total. The van der Waals surface area contributed by atoms with Crippen LogP contribution in [0.25, 0.3) is 0 Å². The SMILES string of the molecule is CC(=O)O[C@@H]1C[C@@H](OC(C)=O)[C@H](C)OC1O. The molecule has 0 amide bonds. The summed E-state index contributed by atoms with van der Waals surface area (Å²) < 4.78 is 15.0. The van der Waals surface area contributed by atoms with E-state index in [0.717, 1.165) is 0 Å². The summed E-state index contributed by atoms with van der Waals surface area (Å²) in [5.41, 5.74) is 0. The van der Waals surface area contributed by atoms with E-state index in [4.69, 9.17) is 14.2 Å². The van der Waals surface area contributed by atoms with Crippen LogP contribution in [-0.2, 0) is 23.8 Å². The molecule has 1 aliphatic heterocycles. The molecule has 1 rings (SSSR count). The number of esters is 2. The van der Waals surface area contributed by atoms with Crippen LogP contribution in [0, 0.1) is 0 Å². The molecule has 1 saturated heterocycles. The summed E-state index contributed by atoms with van der Waals surface area (Å²) >= 11 is 0. The number of ether oxygens (including phenoxy) is 3. The van der Waals surface area contributed by atoms with Crippen LogP contribution in [0.2, 0.25) is 0 Å². The van der Waals surface area contributed by atoms with E-state index in [2.05, 4.69) is 0 Å². The molecule has 1 aliphatic rings. The number of hydrogen-bond acceptors (Lipinski definition) is 6. The molecule has 1 unspecified atom stereocenters. The minimum atomic E-state index is -1.18. The topological polar surface area (TPSA) is 82.1 Å². The van der Waals surface area contributed by atoms with E-state index in [1.54, 1.807) is 6.92 Å². The van der Waals surface area contributed by atoms with Crippen LogP contribution in [0.5, 0.6) is 0 Å². The normalized spacial score (nSPS) is 34.2. The van der Waals surface area contributed by atoms with Crippen LogP contribution < -0.4 is 0 Å². The van der Waals surface area contributed by atoms with Crippen molar-refractivity contribution in [3.63, 3.8) is 0 Å². The molecule has 16 heavy (non-hydrogen) atoms. The molecule has 92 valence electrons. The van der Waals surface area contributed by atoms with Crippen LogP contribution in [-0.4, -0.2) is 41.6 Å². The Morgan fingerprint density at radius 1 is 1.19 bits per heavy atom. The zero-order valence-corrected chi connectivity index (χ0v) is 9.50. The van der Waals surface area contributed by atoms with E-state index in [1.807, 2.05) is 0 Å². The molecule has 0 aromatic heterocycles. The Morgan fingerprint density at radius 2 is 1.69 bits per heavy atom. The molecule has 0 aliphatic carbocycles. The van der Waals surface area contributed by atoms with E-state index >= 15 is 0 Å². The standard InChI is InChI=1S/C10H16O6/c1-5-8(15-6(2)11)4-9(10(13)14-5)16-7(3)12/h5,8-10,13H,4H2,1-3H3/t5-,8+,9+,10?/m0/s1. The fourth-order valence-corrected chi connectivity index (χ4v) is 1.61. The Morgan fingerprint density at radius 3 is 2.19 bits per heavy atom. The summed E-state index contributed by atoms with van der Waals surface area (Å²) in [7, 11) is 0. The average molecular weight is 232 g/mol. The highest BCUT2D eigenvalue weighted by atomic mass is 16.7. The lowest BCUT2D eigenvalue weighted by Crippen LogP contribution is -2.49. The van der Waals surface area contributed by atoms with Crippen LogP contribution in [0.4, 0.5) is 0 Å². The maximum atomic E-state index is 10.8. The molecule has 0 aromatic rings. The third-order valence-electron chi connectivity index (χ3n) is 2.29. The van der Waals surface area contributed by atoms with Gasteiger partial charge in [0.05, 0.1) is 6.10 Å². The largest absolute Gasteiger partial charge is 0.460 e. The molecule has 0 radical (unpaired) electrons. The first kappa shape index (κ1) is 12.9. The van der Waals surface area contributed by atoms with E-state index in [9.17, 15) is 14.7 Å². The van der Waals surface area contributed by atoms with Crippen molar-refractivity contribution in [3.05, 3.63) is 0 Å². The van der Waals surface area contributed by atoms with Crippen molar-refractivity contribution in [2.75, 3.05) is 0 Å². The number of rotatable bonds is 2. The Balaban J connectivity index is 2.60. The van der Waals surface area contributed by atoms with Gasteiger partial charge in [-0.25, -0.2) is 0 Å². The van der Waals surface area contributed by atoms with Gasteiger partial charge in [-0.15, -0.1) is 0 Å². The second kappa shape index (κ2) is 5.27. The van der Waals surface area contributed by atoms with Gasteiger partial charge in [-0.3, -0.25) is 9.59 Å². The summed E-state index contributed by atoms with van der Waals surface area (Å²) in [6.07, 6.45) is -2.67. The maximum Gasteiger partial charge on any atom is 0.303 e. The molecular weight excluding hydrogens is 216 g/mol. The second-order valence-corrected chi connectivity index (χ2v) is 3.76. The predicted molar refractivity (Wildman–Crippen MR) is 52.3 cm³/mol. The second-order valence-electron chi connectivity index (χ2n) is 3.76. The molecule has 1 fully saturated rings. The lowest BCUT2D eigenvalue weighted by molar-refractivity contribution is -0.252. The molecule has 0 bridgehead atoms. The van der Waals surface area contributed by atoms with Gasteiger partial charge < -0.3 is 19.3 Å². The fraction of sp³-hybridized carbons (Fsp3) is 0.800. The summed E-state index contributed by atoms with van der Waals surface area (Å²) in [4.78, 5) is 21.6. The third kappa shape index (κ3) is 3.46. The van der Waals surface area contributed by atoms with Gasteiger partial charge >= 0.3 is 11.9 Å². The molecule has 1 heterocycles. The molecule has 0 saturated carbocycles. The van der Waals surface area contributed by atoms with Crippen molar-refractivity contribution in [2.45, 2.75) is 51.8 Å². The Kier molecular flexibility index (Phi) is 4.26. The highest BCUT2D eigenvalue weighted by Crippen LogP contribution is 2.23.